The fourth-order valence-electron chi connectivity index (χ4n) is 2.27. The first-order valence-corrected chi connectivity index (χ1v) is 9.56. The molecule has 1 aromatic rings. The van der Waals surface area contributed by atoms with E-state index in [0.717, 1.165) is 11.3 Å². The molecule has 2 rings (SSSR count). The number of hydrogen-bond acceptors (Lipinski definition) is 5. The van der Waals surface area contributed by atoms with E-state index in [4.69, 9.17) is 11.6 Å². The fourth-order valence-corrected chi connectivity index (χ4v) is 5.06. The minimum atomic E-state index is -4.51. The van der Waals surface area contributed by atoms with E-state index in [0.29, 0.717) is 23.0 Å². The van der Waals surface area contributed by atoms with Crippen LogP contribution in [0.2, 0.25) is 4.34 Å². The van der Waals surface area contributed by atoms with Gasteiger partial charge in [0.1, 0.15) is 10.3 Å². The maximum Gasteiger partial charge on any atom is 0.405 e. The molecule has 1 aromatic heterocycles. The van der Waals surface area contributed by atoms with Gasteiger partial charge >= 0.3 is 6.18 Å². The van der Waals surface area contributed by atoms with Crippen LogP contribution in [0.1, 0.15) is 5.56 Å². The highest BCUT2D eigenvalue weighted by molar-refractivity contribution is 7.91. The zero-order chi connectivity index (χ0) is 17.3. The predicted octanol–water partition coefficient (Wildman–Crippen LogP) is 1.82. The summed E-state index contributed by atoms with van der Waals surface area (Å²) in [5.41, 5.74) is 0.575. The SMILES string of the molecule is Cc1cc(S(=O)(=O)NCC(N2CCNCC2)C(F)(F)F)sc1Cl. The van der Waals surface area contributed by atoms with Gasteiger partial charge in [0.2, 0.25) is 10.0 Å². The monoisotopic (exact) mass is 391 g/mol. The average Bonchev–Trinajstić information content (AvgIpc) is 2.79. The number of aryl methyl sites for hydroxylation is 1. The third-order valence-electron chi connectivity index (χ3n) is 3.54. The van der Waals surface area contributed by atoms with Crippen LogP contribution in [0.5, 0.6) is 0 Å². The molecule has 1 atom stereocenters. The Labute approximate surface area is 141 Å². The Morgan fingerprint density at radius 1 is 1.43 bits per heavy atom. The first-order chi connectivity index (χ1) is 10.6. The molecule has 0 spiro atoms. The highest BCUT2D eigenvalue weighted by atomic mass is 35.5. The Balaban J connectivity index is 2.11. The van der Waals surface area contributed by atoms with Crippen molar-refractivity contribution in [3.63, 3.8) is 0 Å². The Morgan fingerprint density at radius 3 is 2.52 bits per heavy atom. The van der Waals surface area contributed by atoms with Crippen molar-refractivity contribution in [2.24, 2.45) is 0 Å². The maximum atomic E-state index is 13.2. The smallest absolute Gasteiger partial charge is 0.314 e. The van der Waals surface area contributed by atoms with Crippen molar-refractivity contribution >= 4 is 33.0 Å². The highest BCUT2D eigenvalue weighted by Crippen LogP contribution is 2.30. The summed E-state index contributed by atoms with van der Waals surface area (Å²) in [6.07, 6.45) is -4.51. The van der Waals surface area contributed by atoms with Crippen LogP contribution in [0.25, 0.3) is 0 Å². The molecule has 0 aliphatic carbocycles. The first-order valence-electron chi connectivity index (χ1n) is 6.88. The summed E-state index contributed by atoms with van der Waals surface area (Å²) in [7, 11) is -4.01. The van der Waals surface area contributed by atoms with Crippen molar-refractivity contribution in [1.82, 2.24) is 14.9 Å². The van der Waals surface area contributed by atoms with E-state index in [1.165, 1.54) is 11.0 Å². The molecule has 0 amide bonds. The Bertz CT molecular complexity index is 623. The molecule has 23 heavy (non-hydrogen) atoms. The van der Waals surface area contributed by atoms with Crippen LogP contribution in [0.4, 0.5) is 13.2 Å². The summed E-state index contributed by atoms with van der Waals surface area (Å²) in [5.74, 6) is 0. The van der Waals surface area contributed by atoms with Crippen LogP contribution >= 0.6 is 22.9 Å². The Kier molecular flexibility index (Phi) is 5.96. The van der Waals surface area contributed by atoms with Gasteiger partial charge in [-0.3, -0.25) is 4.90 Å². The number of piperazine rings is 1. The van der Waals surface area contributed by atoms with Gasteiger partial charge in [-0.05, 0) is 18.6 Å². The largest absolute Gasteiger partial charge is 0.405 e. The lowest BCUT2D eigenvalue weighted by molar-refractivity contribution is -0.182. The van der Waals surface area contributed by atoms with Gasteiger partial charge in [-0.25, -0.2) is 13.1 Å². The predicted molar refractivity (Wildman–Crippen MR) is 83.5 cm³/mol. The molecular weight excluding hydrogens is 375 g/mol. The quantitative estimate of drug-likeness (QED) is 0.803. The van der Waals surface area contributed by atoms with Crippen LogP contribution in [-0.4, -0.2) is 58.3 Å². The summed E-state index contributed by atoms with van der Waals surface area (Å²) in [6, 6.07) is -0.501. The molecule has 132 valence electrons. The number of thiophene rings is 1. The van der Waals surface area contributed by atoms with E-state index in [2.05, 4.69) is 10.0 Å². The number of hydrogen-bond donors (Lipinski definition) is 2. The van der Waals surface area contributed by atoms with Crippen LogP contribution in [0.3, 0.4) is 0 Å². The second-order valence-electron chi connectivity index (χ2n) is 5.22. The van der Waals surface area contributed by atoms with Crippen molar-refractivity contribution in [1.29, 1.82) is 0 Å². The molecule has 1 fully saturated rings. The average molecular weight is 392 g/mol. The molecule has 1 saturated heterocycles. The van der Waals surface area contributed by atoms with E-state index in [1.807, 2.05) is 0 Å². The molecule has 2 N–H and O–H groups in total. The Hall–Kier alpha value is -0.390. The fraction of sp³-hybridized carbons (Fsp3) is 0.667. The van der Waals surface area contributed by atoms with Crippen molar-refractivity contribution in [2.75, 3.05) is 32.7 Å². The molecular formula is C12H17ClF3N3O2S2. The van der Waals surface area contributed by atoms with Crippen molar-refractivity contribution < 1.29 is 21.6 Å². The molecule has 1 aliphatic heterocycles. The van der Waals surface area contributed by atoms with Gasteiger partial charge in [0.15, 0.2) is 0 Å². The number of halogens is 4. The van der Waals surface area contributed by atoms with Gasteiger partial charge in [0, 0.05) is 32.7 Å². The van der Waals surface area contributed by atoms with Crippen LogP contribution in [-0.2, 0) is 10.0 Å². The zero-order valence-corrected chi connectivity index (χ0v) is 14.7. The van der Waals surface area contributed by atoms with Gasteiger partial charge in [-0.1, -0.05) is 11.6 Å². The van der Waals surface area contributed by atoms with Gasteiger partial charge in [-0.15, -0.1) is 11.3 Å². The maximum absolute atomic E-state index is 13.2. The number of sulfonamides is 1. The second-order valence-corrected chi connectivity index (χ2v) is 8.87. The minimum absolute atomic E-state index is 0.0822. The zero-order valence-electron chi connectivity index (χ0n) is 12.3. The molecule has 11 heteroatoms. The number of nitrogens with zero attached hydrogens (tertiary/aromatic N) is 1. The topological polar surface area (TPSA) is 61.4 Å². The minimum Gasteiger partial charge on any atom is -0.314 e. The Morgan fingerprint density at radius 2 is 2.04 bits per heavy atom. The van der Waals surface area contributed by atoms with Gasteiger partial charge in [-0.2, -0.15) is 13.2 Å². The van der Waals surface area contributed by atoms with E-state index in [9.17, 15) is 21.6 Å². The van der Waals surface area contributed by atoms with Crippen LogP contribution < -0.4 is 10.0 Å². The first kappa shape index (κ1) is 18.9. The third-order valence-corrected chi connectivity index (χ3v) is 6.99. The highest BCUT2D eigenvalue weighted by Gasteiger charge is 2.44. The molecule has 0 aromatic carbocycles. The van der Waals surface area contributed by atoms with E-state index >= 15 is 0 Å². The molecule has 1 aliphatic rings. The lowest BCUT2D eigenvalue weighted by atomic mass is 10.2. The van der Waals surface area contributed by atoms with Gasteiger partial charge in [0.05, 0.1) is 4.34 Å². The molecule has 2 heterocycles. The van der Waals surface area contributed by atoms with Gasteiger partial charge in [0.25, 0.3) is 0 Å². The normalized spacial score (nSPS) is 19.0. The third kappa shape index (κ3) is 4.80. The molecule has 0 saturated carbocycles. The van der Waals surface area contributed by atoms with Gasteiger partial charge < -0.3 is 5.32 Å². The van der Waals surface area contributed by atoms with Crippen molar-refractivity contribution in [2.45, 2.75) is 23.4 Å². The van der Waals surface area contributed by atoms with Crippen molar-refractivity contribution in [3.05, 3.63) is 16.0 Å². The molecule has 1 unspecified atom stereocenters. The summed E-state index contributed by atoms with van der Waals surface area (Å²) < 4.78 is 66.3. The van der Waals surface area contributed by atoms with E-state index in [1.54, 1.807) is 6.92 Å². The van der Waals surface area contributed by atoms with Crippen LogP contribution in [0, 0.1) is 6.92 Å². The summed E-state index contributed by atoms with van der Waals surface area (Å²) >= 11 is 6.65. The molecule has 0 radical (unpaired) electrons. The number of rotatable bonds is 5. The van der Waals surface area contributed by atoms with E-state index < -0.39 is 28.8 Å². The van der Waals surface area contributed by atoms with Crippen molar-refractivity contribution in [3.8, 4) is 0 Å². The summed E-state index contributed by atoms with van der Waals surface area (Å²) in [5, 5.41) is 2.97. The summed E-state index contributed by atoms with van der Waals surface area (Å²) in [4.78, 5) is 1.24. The lowest BCUT2D eigenvalue weighted by Crippen LogP contribution is -2.57. The van der Waals surface area contributed by atoms with E-state index in [-0.39, 0.29) is 17.3 Å². The molecule has 0 bridgehead atoms. The second kappa shape index (κ2) is 7.24. The standard InChI is InChI=1S/C12H17ClF3N3O2S2/c1-8-6-10(22-11(8)13)23(20,21)18-7-9(12(14,15)16)19-4-2-17-3-5-19/h6,9,17-18H,2-5,7H2,1H3. The van der Waals surface area contributed by atoms with Crippen LogP contribution in [0.15, 0.2) is 10.3 Å². The molecule has 5 nitrogen and oxygen atoms in total. The number of nitrogens with one attached hydrogen (secondary N) is 2. The lowest BCUT2D eigenvalue weighted by Gasteiger charge is -2.35. The summed E-state index contributed by atoms with van der Waals surface area (Å²) in [6.45, 7) is 2.24. The number of alkyl halides is 3.